The fourth-order valence-corrected chi connectivity index (χ4v) is 2.96. The van der Waals surface area contributed by atoms with Crippen molar-refractivity contribution in [1.82, 2.24) is 4.90 Å². The maximum absolute atomic E-state index is 12.2. The topological polar surface area (TPSA) is 49.8 Å². The van der Waals surface area contributed by atoms with Gasteiger partial charge in [-0.3, -0.25) is 17.7 Å². The van der Waals surface area contributed by atoms with Gasteiger partial charge in [0.15, 0.2) is 5.78 Å². The summed E-state index contributed by atoms with van der Waals surface area (Å²) >= 11 is 0. The lowest BCUT2D eigenvalue weighted by atomic mass is 10.1. The quantitative estimate of drug-likeness (QED) is 0.0950. The van der Waals surface area contributed by atoms with Crippen molar-refractivity contribution in [3.05, 3.63) is 41.7 Å². The average Bonchev–Trinajstić information content (AvgIpc) is 2.76. The van der Waals surface area contributed by atoms with E-state index in [1.54, 1.807) is 12.1 Å². The van der Waals surface area contributed by atoms with Crippen LogP contribution in [0.2, 0.25) is 0 Å². The first-order chi connectivity index (χ1) is 15.3. The van der Waals surface area contributed by atoms with Crippen LogP contribution in [0.1, 0.15) is 82.5 Å². The van der Waals surface area contributed by atoms with E-state index in [-0.39, 0.29) is 11.5 Å². The Morgan fingerprint density at radius 3 is 1.94 bits per heavy atom. The van der Waals surface area contributed by atoms with E-state index >= 15 is 0 Å². The molecule has 0 saturated heterocycles. The molecular formula is C24H39BF3NO3. The monoisotopic (exact) mass is 457 g/mol. The lowest BCUT2D eigenvalue weighted by molar-refractivity contribution is 0.104. The molecule has 1 N–H and O–H groups in total. The van der Waals surface area contributed by atoms with Gasteiger partial charge < -0.3 is 14.7 Å². The van der Waals surface area contributed by atoms with Gasteiger partial charge in [0.1, 0.15) is 5.75 Å². The molecule has 0 heterocycles. The molecule has 1 aromatic rings. The lowest BCUT2D eigenvalue weighted by Crippen LogP contribution is -2.28. The van der Waals surface area contributed by atoms with Crippen LogP contribution in [-0.2, 0) is 0 Å². The maximum Gasteiger partial charge on any atom is 0.762 e. The van der Waals surface area contributed by atoms with Crippen LogP contribution in [0, 0.1) is 0 Å². The third kappa shape index (κ3) is 16.7. The highest BCUT2D eigenvalue weighted by Crippen LogP contribution is 2.14. The number of aliphatic hydroxyl groups is 1. The Labute approximate surface area is 192 Å². The van der Waals surface area contributed by atoms with Gasteiger partial charge in [-0.25, -0.2) is 0 Å². The highest BCUT2D eigenvalue weighted by Gasteiger charge is 2.07. The Kier molecular flexibility index (Phi) is 18.5. The molecule has 0 aliphatic heterocycles. The van der Waals surface area contributed by atoms with E-state index in [2.05, 4.69) is 25.7 Å². The van der Waals surface area contributed by atoms with Gasteiger partial charge in [0.25, 0.3) is 0 Å². The van der Waals surface area contributed by atoms with Gasteiger partial charge in [-0.15, -0.1) is 0 Å². The van der Waals surface area contributed by atoms with Crippen LogP contribution in [0.25, 0.3) is 0 Å². The normalized spacial score (nSPS) is 11.2. The Hall–Kier alpha value is -1.96. The summed E-state index contributed by atoms with van der Waals surface area (Å²) in [7, 11) is -3.67. The van der Waals surface area contributed by atoms with Crippen LogP contribution in [0.15, 0.2) is 36.1 Å². The standard InChI is InChI=1S/C24H39NO3.BF3/c1-4-7-11-22(26)20-24(27)21-12-14-23(15-13-21)28-19-10-18-25(16-8-5-2)17-9-6-3;2-1(3)4/h12-15,20,26H,4-11,16-19H2,1-3H3;. The van der Waals surface area contributed by atoms with Gasteiger partial charge in [-0.2, -0.15) is 0 Å². The number of unbranched alkanes of at least 4 members (excludes halogenated alkanes) is 3. The predicted octanol–water partition coefficient (Wildman–Crippen LogP) is 7.05. The molecular weight excluding hydrogens is 418 g/mol. The van der Waals surface area contributed by atoms with Gasteiger partial charge in [0, 0.05) is 24.6 Å². The summed E-state index contributed by atoms with van der Waals surface area (Å²) in [5.41, 5.74) is 0.570. The number of hydrogen-bond acceptors (Lipinski definition) is 4. The number of halogens is 3. The molecule has 0 fully saturated rings. The first-order valence-corrected chi connectivity index (χ1v) is 11.6. The number of ketones is 1. The molecule has 32 heavy (non-hydrogen) atoms. The summed E-state index contributed by atoms with van der Waals surface area (Å²) < 4.78 is 34.8. The van der Waals surface area contributed by atoms with E-state index in [1.807, 2.05) is 12.1 Å². The van der Waals surface area contributed by atoms with E-state index in [4.69, 9.17) is 4.74 Å². The molecule has 4 nitrogen and oxygen atoms in total. The summed E-state index contributed by atoms with van der Waals surface area (Å²) in [4.78, 5) is 14.7. The summed E-state index contributed by atoms with van der Waals surface area (Å²) in [6.07, 6.45) is 9.73. The lowest BCUT2D eigenvalue weighted by Gasteiger charge is -2.21. The number of ether oxygens (including phenoxy) is 1. The minimum Gasteiger partial charge on any atom is -0.512 e. The van der Waals surface area contributed by atoms with Crippen LogP contribution in [0.4, 0.5) is 12.9 Å². The van der Waals surface area contributed by atoms with Gasteiger partial charge in [-0.05, 0) is 63.0 Å². The van der Waals surface area contributed by atoms with Crippen molar-refractivity contribution in [3.8, 4) is 5.75 Å². The Bertz CT molecular complexity index is 617. The molecule has 0 spiro atoms. The number of nitrogens with zero attached hydrogens (tertiary/aromatic N) is 1. The largest absolute Gasteiger partial charge is 0.762 e. The van der Waals surface area contributed by atoms with Crippen LogP contribution < -0.4 is 4.74 Å². The van der Waals surface area contributed by atoms with Crippen molar-refractivity contribution in [2.45, 2.75) is 72.1 Å². The number of carbonyl (C=O) groups excluding carboxylic acids is 1. The van der Waals surface area contributed by atoms with E-state index in [0.29, 0.717) is 18.6 Å². The molecule has 1 aromatic carbocycles. The van der Waals surface area contributed by atoms with Gasteiger partial charge in [0.2, 0.25) is 0 Å². The minimum atomic E-state index is -3.67. The van der Waals surface area contributed by atoms with Gasteiger partial charge >= 0.3 is 7.54 Å². The second kappa shape index (κ2) is 19.7. The molecule has 0 bridgehead atoms. The summed E-state index contributed by atoms with van der Waals surface area (Å²) in [5.74, 6) is 0.773. The van der Waals surface area contributed by atoms with Crippen molar-refractivity contribution >= 4 is 13.3 Å². The molecule has 182 valence electrons. The number of benzene rings is 1. The van der Waals surface area contributed by atoms with Gasteiger partial charge in [-0.1, -0.05) is 40.0 Å². The van der Waals surface area contributed by atoms with Crippen molar-refractivity contribution in [3.63, 3.8) is 0 Å². The third-order valence-electron chi connectivity index (χ3n) is 4.77. The molecule has 0 unspecified atom stereocenters. The number of aliphatic hydroxyl groups excluding tert-OH is 1. The number of rotatable bonds is 16. The highest BCUT2D eigenvalue weighted by molar-refractivity contribution is 6.33. The summed E-state index contributed by atoms with van der Waals surface area (Å²) in [6.45, 7) is 10.6. The zero-order valence-electron chi connectivity index (χ0n) is 19.8. The average molecular weight is 457 g/mol. The van der Waals surface area contributed by atoms with Gasteiger partial charge in [0.05, 0.1) is 12.4 Å². The van der Waals surface area contributed by atoms with Crippen molar-refractivity contribution in [1.29, 1.82) is 0 Å². The summed E-state index contributed by atoms with van der Waals surface area (Å²) in [6, 6.07) is 7.18. The molecule has 0 radical (unpaired) electrons. The number of carbonyl (C=O) groups is 1. The maximum atomic E-state index is 12.2. The second-order valence-electron chi connectivity index (χ2n) is 7.63. The zero-order chi connectivity index (χ0) is 24.2. The molecule has 0 saturated carbocycles. The SMILES string of the molecule is CCCCC(O)=CC(=O)c1ccc(OCCCN(CCCC)CCCC)cc1.FB(F)F. The fourth-order valence-electron chi connectivity index (χ4n) is 2.96. The Balaban J connectivity index is 0.00000220. The Morgan fingerprint density at radius 1 is 0.938 bits per heavy atom. The van der Waals surface area contributed by atoms with Crippen molar-refractivity contribution < 1.29 is 27.6 Å². The third-order valence-corrected chi connectivity index (χ3v) is 4.77. The molecule has 0 atom stereocenters. The van der Waals surface area contributed by atoms with Crippen LogP contribution in [-0.4, -0.2) is 49.6 Å². The highest BCUT2D eigenvalue weighted by atomic mass is 19.4. The van der Waals surface area contributed by atoms with Crippen molar-refractivity contribution in [2.75, 3.05) is 26.2 Å². The first kappa shape index (κ1) is 30.0. The number of hydrogen-bond donors (Lipinski definition) is 1. The predicted molar refractivity (Wildman–Crippen MR) is 126 cm³/mol. The molecule has 8 heteroatoms. The van der Waals surface area contributed by atoms with E-state index in [1.165, 1.54) is 44.8 Å². The van der Waals surface area contributed by atoms with Crippen LogP contribution >= 0.6 is 0 Å². The molecule has 0 amide bonds. The smallest absolute Gasteiger partial charge is 0.512 e. The molecule has 0 aliphatic carbocycles. The minimum absolute atomic E-state index is 0.155. The summed E-state index contributed by atoms with van der Waals surface area (Å²) in [5, 5.41) is 9.77. The van der Waals surface area contributed by atoms with Crippen LogP contribution in [0.5, 0.6) is 5.75 Å². The van der Waals surface area contributed by atoms with Crippen molar-refractivity contribution in [2.24, 2.45) is 0 Å². The van der Waals surface area contributed by atoms with Crippen LogP contribution in [0.3, 0.4) is 0 Å². The number of allylic oxidation sites excluding steroid dienone is 2. The molecule has 0 aromatic heterocycles. The van der Waals surface area contributed by atoms with E-state index in [9.17, 15) is 22.8 Å². The second-order valence-corrected chi connectivity index (χ2v) is 7.63. The van der Waals surface area contributed by atoms with E-state index < -0.39 is 7.54 Å². The first-order valence-electron chi connectivity index (χ1n) is 11.6. The zero-order valence-corrected chi connectivity index (χ0v) is 19.8. The van der Waals surface area contributed by atoms with E-state index in [0.717, 1.165) is 31.6 Å². The fraction of sp³-hybridized carbons (Fsp3) is 0.625. The Morgan fingerprint density at radius 2 is 1.44 bits per heavy atom. The molecule has 0 aliphatic rings. The molecule has 1 rings (SSSR count).